The minimum Gasteiger partial charge on any atom is -0.353 e. The second kappa shape index (κ2) is 9.70. The Hall–Kier alpha value is -1.18. The third-order valence-electron chi connectivity index (χ3n) is 3.12. The fraction of sp³-hybridized carbons (Fsp3) is 0.333. The average Bonchev–Trinajstić information content (AvgIpc) is 2.51. The Labute approximate surface area is 138 Å². The third kappa shape index (κ3) is 5.61. The molecule has 0 radical (unpaired) electrons. The first-order valence-corrected chi connectivity index (χ1v) is 8.18. The van der Waals surface area contributed by atoms with Crippen LogP contribution >= 0.6 is 23.2 Å². The van der Waals surface area contributed by atoms with Gasteiger partial charge >= 0.3 is 0 Å². The van der Waals surface area contributed by atoms with Crippen molar-refractivity contribution in [2.45, 2.75) is 40.0 Å². The molecule has 114 valence electrons. The normalized spacial score (nSPS) is 9.76. The highest BCUT2D eigenvalue weighted by molar-refractivity contribution is 6.39. The number of aryl methyl sites for hydroxylation is 1. The van der Waals surface area contributed by atoms with E-state index in [4.69, 9.17) is 23.2 Å². The molecule has 2 rings (SSSR count). The van der Waals surface area contributed by atoms with Gasteiger partial charge in [-0.15, -0.1) is 0 Å². The standard InChI is InChI=1S/C14H13Cl2N.C4H10/c1-2-10-6-3-4-9-13(10)17-14-11(15)7-5-8-12(14)16;1-3-4-2/h3-9,17H,2H2,1H3;3-4H2,1-2H3. The van der Waals surface area contributed by atoms with Gasteiger partial charge in [-0.2, -0.15) is 0 Å². The molecule has 1 N–H and O–H groups in total. The van der Waals surface area contributed by atoms with E-state index >= 15 is 0 Å². The summed E-state index contributed by atoms with van der Waals surface area (Å²) in [4.78, 5) is 0. The van der Waals surface area contributed by atoms with Gasteiger partial charge in [0.15, 0.2) is 0 Å². The van der Waals surface area contributed by atoms with E-state index in [1.807, 2.05) is 36.4 Å². The fourth-order valence-electron chi connectivity index (χ4n) is 1.70. The Bertz CT molecular complexity index is 530. The van der Waals surface area contributed by atoms with Gasteiger partial charge in [0.2, 0.25) is 0 Å². The summed E-state index contributed by atoms with van der Waals surface area (Å²) in [5.41, 5.74) is 3.05. The van der Waals surface area contributed by atoms with Gasteiger partial charge < -0.3 is 5.32 Å². The SMILES string of the molecule is CCCC.CCc1ccccc1Nc1c(Cl)cccc1Cl. The van der Waals surface area contributed by atoms with E-state index in [0.29, 0.717) is 10.0 Å². The van der Waals surface area contributed by atoms with Crippen molar-refractivity contribution in [1.82, 2.24) is 0 Å². The van der Waals surface area contributed by atoms with Crippen molar-refractivity contribution in [2.24, 2.45) is 0 Å². The quantitative estimate of drug-likeness (QED) is 0.632. The number of nitrogens with one attached hydrogen (secondary N) is 1. The first-order valence-electron chi connectivity index (χ1n) is 7.42. The number of hydrogen-bond acceptors (Lipinski definition) is 1. The first-order chi connectivity index (χ1) is 10.1. The van der Waals surface area contributed by atoms with E-state index in [2.05, 4.69) is 32.2 Å². The largest absolute Gasteiger partial charge is 0.353 e. The van der Waals surface area contributed by atoms with Crippen LogP contribution in [0.2, 0.25) is 10.0 Å². The smallest absolute Gasteiger partial charge is 0.0762 e. The molecule has 0 atom stereocenters. The molecule has 2 aromatic carbocycles. The third-order valence-corrected chi connectivity index (χ3v) is 3.75. The van der Waals surface area contributed by atoms with Gasteiger partial charge in [-0.1, -0.05) is 81.1 Å². The van der Waals surface area contributed by atoms with Crippen LogP contribution in [-0.2, 0) is 6.42 Å². The lowest BCUT2D eigenvalue weighted by Crippen LogP contribution is -1.96. The lowest BCUT2D eigenvalue weighted by molar-refractivity contribution is 0.886. The molecule has 0 aliphatic carbocycles. The number of benzene rings is 2. The summed E-state index contributed by atoms with van der Waals surface area (Å²) in [6, 6.07) is 13.6. The van der Waals surface area contributed by atoms with Crippen LogP contribution in [0.25, 0.3) is 0 Å². The minimum atomic E-state index is 0.628. The molecule has 2 aromatic rings. The Balaban J connectivity index is 0.000000491. The molecule has 0 spiro atoms. The van der Waals surface area contributed by atoms with Crippen LogP contribution < -0.4 is 5.32 Å². The molecule has 0 aliphatic heterocycles. The summed E-state index contributed by atoms with van der Waals surface area (Å²) >= 11 is 12.3. The molecule has 21 heavy (non-hydrogen) atoms. The average molecular weight is 324 g/mol. The zero-order valence-corrected chi connectivity index (χ0v) is 14.4. The highest BCUT2D eigenvalue weighted by atomic mass is 35.5. The molecule has 3 heteroatoms. The van der Waals surface area contributed by atoms with Crippen molar-refractivity contribution in [1.29, 1.82) is 0 Å². The molecule has 0 amide bonds. The first kappa shape index (κ1) is 17.9. The number of unbranched alkanes of at least 4 members (excludes halogenated alkanes) is 1. The summed E-state index contributed by atoms with van der Waals surface area (Å²) in [5.74, 6) is 0. The van der Waals surface area contributed by atoms with Crippen molar-refractivity contribution < 1.29 is 0 Å². The van der Waals surface area contributed by atoms with Gasteiger partial charge in [-0.05, 0) is 30.2 Å². The van der Waals surface area contributed by atoms with Crippen LogP contribution in [0.4, 0.5) is 11.4 Å². The van der Waals surface area contributed by atoms with Gasteiger partial charge in [0.1, 0.15) is 0 Å². The summed E-state index contributed by atoms with van der Waals surface area (Å²) in [5, 5.41) is 4.55. The van der Waals surface area contributed by atoms with Gasteiger partial charge in [-0.25, -0.2) is 0 Å². The molecule has 1 nitrogen and oxygen atoms in total. The van der Waals surface area contributed by atoms with Crippen LogP contribution in [0.15, 0.2) is 42.5 Å². The second-order valence-corrected chi connectivity index (χ2v) is 5.55. The number of anilines is 2. The zero-order chi connectivity index (χ0) is 15.7. The van der Waals surface area contributed by atoms with E-state index < -0.39 is 0 Å². The molecular formula is C18H23Cl2N. The van der Waals surface area contributed by atoms with Crippen molar-refractivity contribution in [3.05, 3.63) is 58.1 Å². The maximum atomic E-state index is 6.13. The number of para-hydroxylation sites is 2. The molecular weight excluding hydrogens is 301 g/mol. The predicted octanol–water partition coefficient (Wildman–Crippen LogP) is 7.11. The molecule has 0 saturated carbocycles. The van der Waals surface area contributed by atoms with Crippen molar-refractivity contribution in [3.63, 3.8) is 0 Å². The summed E-state index contributed by atoms with van der Waals surface area (Å²) in [6.45, 7) is 6.48. The zero-order valence-electron chi connectivity index (χ0n) is 12.9. The van der Waals surface area contributed by atoms with E-state index in [-0.39, 0.29) is 0 Å². The van der Waals surface area contributed by atoms with E-state index in [1.165, 1.54) is 18.4 Å². The number of hydrogen-bond donors (Lipinski definition) is 1. The summed E-state index contributed by atoms with van der Waals surface area (Å²) in [6.07, 6.45) is 3.60. The highest BCUT2D eigenvalue weighted by Gasteiger charge is 2.07. The van der Waals surface area contributed by atoms with Crippen LogP contribution in [-0.4, -0.2) is 0 Å². The van der Waals surface area contributed by atoms with Gasteiger partial charge in [0.25, 0.3) is 0 Å². The highest BCUT2D eigenvalue weighted by Crippen LogP contribution is 2.33. The van der Waals surface area contributed by atoms with E-state index in [9.17, 15) is 0 Å². The molecule has 0 heterocycles. The van der Waals surface area contributed by atoms with Crippen LogP contribution in [0.1, 0.15) is 39.2 Å². The Morgan fingerprint density at radius 2 is 1.38 bits per heavy atom. The van der Waals surface area contributed by atoms with Gasteiger partial charge in [0.05, 0.1) is 15.7 Å². The van der Waals surface area contributed by atoms with Gasteiger partial charge in [-0.3, -0.25) is 0 Å². The lowest BCUT2D eigenvalue weighted by atomic mass is 10.1. The maximum Gasteiger partial charge on any atom is 0.0762 e. The predicted molar refractivity (Wildman–Crippen MR) is 96.1 cm³/mol. The monoisotopic (exact) mass is 323 g/mol. The molecule has 0 fully saturated rings. The fourth-order valence-corrected chi connectivity index (χ4v) is 2.19. The van der Waals surface area contributed by atoms with Crippen LogP contribution in [0.3, 0.4) is 0 Å². The van der Waals surface area contributed by atoms with Crippen LogP contribution in [0, 0.1) is 0 Å². The molecule has 0 aromatic heterocycles. The molecule has 0 unspecified atom stereocenters. The number of rotatable bonds is 4. The molecule has 0 saturated heterocycles. The van der Waals surface area contributed by atoms with Crippen LogP contribution in [0.5, 0.6) is 0 Å². The lowest BCUT2D eigenvalue weighted by Gasteiger charge is -2.13. The molecule has 0 aliphatic rings. The Morgan fingerprint density at radius 1 is 0.810 bits per heavy atom. The summed E-state index contributed by atoms with van der Waals surface area (Å²) in [7, 11) is 0. The van der Waals surface area contributed by atoms with Crippen molar-refractivity contribution in [2.75, 3.05) is 5.32 Å². The molecule has 0 bridgehead atoms. The maximum absolute atomic E-state index is 6.13. The van der Waals surface area contributed by atoms with Crippen molar-refractivity contribution >= 4 is 34.6 Å². The van der Waals surface area contributed by atoms with E-state index in [0.717, 1.165) is 17.8 Å². The second-order valence-electron chi connectivity index (χ2n) is 4.73. The van der Waals surface area contributed by atoms with Gasteiger partial charge in [0, 0.05) is 5.69 Å². The summed E-state index contributed by atoms with van der Waals surface area (Å²) < 4.78 is 0. The Kier molecular flexibility index (Phi) is 8.26. The topological polar surface area (TPSA) is 12.0 Å². The minimum absolute atomic E-state index is 0.628. The number of halogens is 2. The Morgan fingerprint density at radius 3 is 1.90 bits per heavy atom. The van der Waals surface area contributed by atoms with E-state index in [1.54, 1.807) is 0 Å². The van der Waals surface area contributed by atoms with Crippen molar-refractivity contribution in [3.8, 4) is 0 Å².